The fraction of sp³-hybridized carbons (Fsp3) is 0.190. The number of aliphatic hydroxyl groups is 2. The van der Waals surface area contributed by atoms with Crippen LogP contribution >= 0.6 is 15.9 Å². The van der Waals surface area contributed by atoms with Crippen LogP contribution in [0.4, 0.5) is 11.6 Å². The molecule has 2 atom stereocenters. The summed E-state index contributed by atoms with van der Waals surface area (Å²) in [6.45, 7) is 0.508. The minimum Gasteiger partial charge on any atom is -0.388 e. The first-order valence-electron chi connectivity index (χ1n) is 9.65. The Hall–Kier alpha value is -3.21. The molecule has 0 unspecified atom stereocenters. The summed E-state index contributed by atoms with van der Waals surface area (Å²) in [5.74, 6) is 0.842. The Kier molecular flexibility index (Phi) is 4.97. The van der Waals surface area contributed by atoms with Gasteiger partial charge in [-0.25, -0.2) is 15.0 Å². The molecule has 0 radical (unpaired) electrons. The largest absolute Gasteiger partial charge is 0.388 e. The van der Waals surface area contributed by atoms with Gasteiger partial charge in [0, 0.05) is 11.0 Å². The predicted molar refractivity (Wildman–Crippen MR) is 120 cm³/mol. The summed E-state index contributed by atoms with van der Waals surface area (Å²) in [6, 6.07) is 13.3. The van der Waals surface area contributed by atoms with Gasteiger partial charge >= 0.3 is 0 Å². The van der Waals surface area contributed by atoms with Crippen molar-refractivity contribution in [2.24, 2.45) is 0 Å². The Morgan fingerprint density at radius 3 is 2.61 bits per heavy atom. The molecule has 1 aromatic carbocycles. The number of hydrogen-bond acceptors (Lipinski definition) is 9. The van der Waals surface area contributed by atoms with Crippen LogP contribution in [0.2, 0.25) is 0 Å². The topological polar surface area (TPSA) is 134 Å². The molecule has 1 aliphatic rings. The average molecular weight is 480 g/mol. The number of pyridine rings is 1. The van der Waals surface area contributed by atoms with E-state index in [9.17, 15) is 10.2 Å². The lowest BCUT2D eigenvalue weighted by Gasteiger charge is -2.21. The average Bonchev–Trinajstić information content (AvgIpc) is 3.11. The van der Waals surface area contributed by atoms with Crippen LogP contribution in [0.15, 0.2) is 53.3 Å². The van der Waals surface area contributed by atoms with E-state index in [1.54, 1.807) is 17.0 Å². The first-order chi connectivity index (χ1) is 15.0. The van der Waals surface area contributed by atoms with E-state index >= 15 is 0 Å². The minimum absolute atomic E-state index is 0.349. The van der Waals surface area contributed by atoms with E-state index in [2.05, 4.69) is 41.1 Å². The molecule has 31 heavy (non-hydrogen) atoms. The summed E-state index contributed by atoms with van der Waals surface area (Å²) >= 11 is 3.51. The van der Waals surface area contributed by atoms with Crippen LogP contribution in [0.5, 0.6) is 0 Å². The zero-order valence-corrected chi connectivity index (χ0v) is 17.8. The molecule has 4 N–H and O–H groups in total. The van der Waals surface area contributed by atoms with Gasteiger partial charge in [0.25, 0.3) is 0 Å². The zero-order valence-electron chi connectivity index (χ0n) is 16.2. The molecule has 1 saturated heterocycles. The number of benzene rings is 1. The number of nitrogens with two attached hydrogens (primary N) is 1. The van der Waals surface area contributed by atoms with Crippen LogP contribution in [0.1, 0.15) is 6.42 Å². The van der Waals surface area contributed by atoms with Crippen molar-refractivity contribution in [1.29, 1.82) is 0 Å². The molecule has 0 spiro atoms. The van der Waals surface area contributed by atoms with Gasteiger partial charge in [0.15, 0.2) is 17.7 Å². The van der Waals surface area contributed by atoms with Crippen LogP contribution in [0, 0.1) is 0 Å². The van der Waals surface area contributed by atoms with Gasteiger partial charge in [0.1, 0.15) is 23.9 Å². The number of hydrogen-bond donors (Lipinski definition) is 3. The molecule has 1 fully saturated rings. The molecule has 5 rings (SSSR count). The molecule has 10 heteroatoms. The van der Waals surface area contributed by atoms with Crippen molar-refractivity contribution in [2.75, 3.05) is 17.2 Å². The summed E-state index contributed by atoms with van der Waals surface area (Å²) in [6.07, 6.45) is 0.0883. The molecule has 156 valence electrons. The lowest BCUT2D eigenvalue weighted by molar-refractivity contribution is 0.0446. The van der Waals surface area contributed by atoms with E-state index < -0.39 is 12.3 Å². The lowest BCUT2D eigenvalue weighted by atomic mass is 10.0. The van der Waals surface area contributed by atoms with Gasteiger partial charge in [-0.15, -0.1) is 10.2 Å². The van der Waals surface area contributed by atoms with Crippen molar-refractivity contribution in [1.82, 2.24) is 25.1 Å². The van der Waals surface area contributed by atoms with Crippen LogP contribution in [0.3, 0.4) is 0 Å². The SMILES string of the molecule is Nc1ncnc2nc(-c3ccc(N4CC[C@@H](O)[C@H]4O)nn3)cc(-c3cccc(Br)c3)c12. The third kappa shape index (κ3) is 3.58. The summed E-state index contributed by atoms with van der Waals surface area (Å²) in [5, 5.41) is 29.1. The molecule has 1 aliphatic heterocycles. The van der Waals surface area contributed by atoms with Crippen molar-refractivity contribution in [2.45, 2.75) is 18.8 Å². The molecule has 0 amide bonds. The maximum atomic E-state index is 10.1. The number of anilines is 2. The quantitative estimate of drug-likeness (QED) is 0.404. The van der Waals surface area contributed by atoms with E-state index in [0.29, 0.717) is 47.0 Å². The fourth-order valence-electron chi connectivity index (χ4n) is 3.73. The number of aliphatic hydroxyl groups excluding tert-OH is 2. The van der Waals surface area contributed by atoms with E-state index in [1.807, 2.05) is 30.3 Å². The van der Waals surface area contributed by atoms with E-state index in [1.165, 1.54) is 6.33 Å². The second-order valence-electron chi connectivity index (χ2n) is 7.26. The standard InChI is InChI=1S/C21H18BrN7O2/c22-12-3-1-2-11(8-12)13-9-15(26-20-18(13)19(23)24-10-25-20)14-4-5-17(28-27-14)29-7-6-16(30)21(29)31/h1-5,8-10,16,21,30-31H,6-7H2,(H2,23,24,25,26)/t16-,21-/m1/s1. The summed E-state index contributed by atoms with van der Waals surface area (Å²) in [7, 11) is 0. The number of rotatable bonds is 3. The monoisotopic (exact) mass is 479 g/mol. The van der Waals surface area contributed by atoms with Crippen molar-refractivity contribution in [3.8, 4) is 22.5 Å². The summed E-state index contributed by atoms with van der Waals surface area (Å²) < 4.78 is 0.933. The zero-order chi connectivity index (χ0) is 21.5. The van der Waals surface area contributed by atoms with Gasteiger partial charge < -0.3 is 20.8 Å². The van der Waals surface area contributed by atoms with Crippen molar-refractivity contribution < 1.29 is 10.2 Å². The van der Waals surface area contributed by atoms with Gasteiger partial charge in [-0.1, -0.05) is 28.1 Å². The minimum atomic E-state index is -0.984. The highest BCUT2D eigenvalue weighted by atomic mass is 79.9. The van der Waals surface area contributed by atoms with Crippen molar-refractivity contribution >= 4 is 38.6 Å². The molecule has 4 heterocycles. The van der Waals surface area contributed by atoms with Crippen LogP contribution in [0.25, 0.3) is 33.5 Å². The number of nitrogen functional groups attached to an aromatic ring is 1. The van der Waals surface area contributed by atoms with Crippen LogP contribution < -0.4 is 10.6 Å². The first-order valence-corrected chi connectivity index (χ1v) is 10.4. The Bertz CT molecular complexity index is 1270. The fourth-order valence-corrected chi connectivity index (χ4v) is 4.13. The highest BCUT2D eigenvalue weighted by Gasteiger charge is 2.32. The molecule has 0 bridgehead atoms. The van der Waals surface area contributed by atoms with Gasteiger partial charge in [-0.2, -0.15) is 0 Å². The Balaban J connectivity index is 1.61. The van der Waals surface area contributed by atoms with Gasteiger partial charge in [0.2, 0.25) is 0 Å². The molecule has 0 saturated carbocycles. The maximum Gasteiger partial charge on any atom is 0.165 e. The highest BCUT2D eigenvalue weighted by Crippen LogP contribution is 2.34. The number of fused-ring (bicyclic) bond motifs is 1. The first kappa shape index (κ1) is 19.7. The number of nitrogens with zero attached hydrogens (tertiary/aromatic N) is 6. The summed E-state index contributed by atoms with van der Waals surface area (Å²) in [4.78, 5) is 14.7. The predicted octanol–water partition coefficient (Wildman–Crippen LogP) is 2.38. The molecule has 0 aliphatic carbocycles. The van der Waals surface area contributed by atoms with Gasteiger partial charge in [0.05, 0.1) is 11.1 Å². The van der Waals surface area contributed by atoms with E-state index in [0.717, 1.165) is 15.6 Å². The van der Waals surface area contributed by atoms with Crippen LogP contribution in [-0.4, -0.2) is 54.2 Å². The highest BCUT2D eigenvalue weighted by molar-refractivity contribution is 9.10. The lowest BCUT2D eigenvalue weighted by Crippen LogP contribution is -2.35. The second kappa shape index (κ2) is 7.80. The number of aromatic nitrogens is 5. The summed E-state index contributed by atoms with van der Waals surface area (Å²) in [5.41, 5.74) is 9.52. The Morgan fingerprint density at radius 2 is 1.90 bits per heavy atom. The molecular formula is C21H18BrN7O2. The van der Waals surface area contributed by atoms with Crippen molar-refractivity contribution in [3.05, 3.63) is 53.3 Å². The molecule has 4 aromatic rings. The molecular weight excluding hydrogens is 462 g/mol. The third-order valence-electron chi connectivity index (χ3n) is 5.31. The maximum absolute atomic E-state index is 10.1. The van der Waals surface area contributed by atoms with E-state index in [-0.39, 0.29) is 0 Å². The Morgan fingerprint density at radius 1 is 1.03 bits per heavy atom. The van der Waals surface area contributed by atoms with E-state index in [4.69, 9.17) is 5.73 Å². The van der Waals surface area contributed by atoms with Gasteiger partial charge in [-0.3, -0.25) is 0 Å². The second-order valence-corrected chi connectivity index (χ2v) is 8.18. The third-order valence-corrected chi connectivity index (χ3v) is 5.80. The normalized spacial score (nSPS) is 18.6. The molecule has 3 aromatic heterocycles. The smallest absolute Gasteiger partial charge is 0.165 e. The van der Waals surface area contributed by atoms with Crippen LogP contribution in [-0.2, 0) is 0 Å². The number of halogens is 1. The Labute approximate surface area is 185 Å². The molecule has 9 nitrogen and oxygen atoms in total. The van der Waals surface area contributed by atoms with Crippen molar-refractivity contribution in [3.63, 3.8) is 0 Å². The van der Waals surface area contributed by atoms with Gasteiger partial charge in [-0.05, 0) is 47.9 Å².